The Morgan fingerprint density at radius 1 is 1.46 bits per heavy atom. The Kier molecular flexibility index (Phi) is 3.66. The van der Waals surface area contributed by atoms with E-state index in [4.69, 9.17) is 5.11 Å². The molecule has 1 atom stereocenters. The first-order valence-electron chi connectivity index (χ1n) is 4.33. The highest BCUT2D eigenvalue weighted by Gasteiger charge is 2.27. The van der Waals surface area contributed by atoms with Crippen molar-refractivity contribution in [3.05, 3.63) is 0 Å². The van der Waals surface area contributed by atoms with Crippen LogP contribution >= 0.6 is 0 Å². The first-order valence-corrected chi connectivity index (χ1v) is 5.94. The second kappa shape index (κ2) is 4.36. The van der Waals surface area contributed by atoms with Gasteiger partial charge in [0.15, 0.2) is 0 Å². The van der Waals surface area contributed by atoms with Crippen molar-refractivity contribution in [2.75, 3.05) is 25.4 Å². The average Bonchev–Trinajstić information content (AvgIpc) is 2.04. The molecule has 1 fully saturated rings. The minimum Gasteiger partial charge on any atom is -0.395 e. The maximum absolute atomic E-state index is 11.4. The van der Waals surface area contributed by atoms with Crippen LogP contribution in [0.4, 0.5) is 0 Å². The zero-order chi connectivity index (χ0) is 9.90. The third-order valence-electron chi connectivity index (χ3n) is 2.10. The van der Waals surface area contributed by atoms with Crippen LogP contribution in [0.3, 0.4) is 0 Å². The molecule has 0 aromatic rings. The van der Waals surface area contributed by atoms with E-state index in [0.717, 1.165) is 0 Å². The summed E-state index contributed by atoms with van der Waals surface area (Å²) in [6.45, 7) is 0.261. The van der Waals surface area contributed by atoms with Gasteiger partial charge < -0.3 is 10.2 Å². The summed E-state index contributed by atoms with van der Waals surface area (Å²) in [5.41, 5.74) is 0. The first kappa shape index (κ1) is 10.9. The number of β-amino-alcohol motifs (C(OH)–C–C–N with tert-alkyl or cyclic N) is 1. The predicted octanol–water partition coefficient (Wildman–Crippen LogP) is -1.23. The number of aliphatic hydroxyl groups excluding tert-OH is 2. The Morgan fingerprint density at radius 2 is 2.15 bits per heavy atom. The van der Waals surface area contributed by atoms with E-state index < -0.39 is 16.1 Å². The molecule has 1 rings (SSSR count). The fraction of sp³-hybridized carbons (Fsp3) is 1.00. The van der Waals surface area contributed by atoms with Crippen molar-refractivity contribution in [3.8, 4) is 0 Å². The maximum atomic E-state index is 11.4. The molecule has 0 spiro atoms. The zero-order valence-electron chi connectivity index (χ0n) is 7.39. The maximum Gasteiger partial charge on any atom is 0.216 e. The van der Waals surface area contributed by atoms with E-state index in [0.29, 0.717) is 19.4 Å². The summed E-state index contributed by atoms with van der Waals surface area (Å²) >= 11 is 0. The summed E-state index contributed by atoms with van der Waals surface area (Å²) in [6.07, 6.45) is 0.791. The van der Waals surface area contributed by atoms with Gasteiger partial charge in [-0.15, -0.1) is 0 Å². The van der Waals surface area contributed by atoms with Gasteiger partial charge in [-0.2, -0.15) is 4.31 Å². The average molecular weight is 209 g/mol. The molecule has 1 aliphatic heterocycles. The van der Waals surface area contributed by atoms with E-state index in [1.165, 1.54) is 4.31 Å². The van der Waals surface area contributed by atoms with Gasteiger partial charge in [0.25, 0.3) is 0 Å². The van der Waals surface area contributed by atoms with Gasteiger partial charge in [0.05, 0.1) is 18.5 Å². The SMILES string of the molecule is O=S(=O)(CCO)N1CCCC(O)C1. The lowest BCUT2D eigenvalue weighted by atomic mass is 10.1. The van der Waals surface area contributed by atoms with Gasteiger partial charge >= 0.3 is 0 Å². The summed E-state index contributed by atoms with van der Waals surface area (Å²) in [5.74, 6) is -0.250. The Morgan fingerprint density at radius 3 is 2.69 bits per heavy atom. The van der Waals surface area contributed by atoms with Crippen molar-refractivity contribution >= 4 is 10.0 Å². The Bertz CT molecular complexity index is 251. The Balaban J connectivity index is 2.60. The number of nitrogens with zero attached hydrogens (tertiary/aromatic N) is 1. The van der Waals surface area contributed by atoms with E-state index in [-0.39, 0.29) is 18.9 Å². The second-order valence-electron chi connectivity index (χ2n) is 3.19. The summed E-state index contributed by atoms with van der Waals surface area (Å²) in [7, 11) is -3.34. The number of hydrogen-bond donors (Lipinski definition) is 2. The van der Waals surface area contributed by atoms with Crippen molar-refractivity contribution in [2.45, 2.75) is 18.9 Å². The molecule has 2 N–H and O–H groups in total. The van der Waals surface area contributed by atoms with Crippen LogP contribution in [0.15, 0.2) is 0 Å². The van der Waals surface area contributed by atoms with Gasteiger partial charge in [-0.1, -0.05) is 0 Å². The van der Waals surface area contributed by atoms with Crippen LogP contribution in [0.2, 0.25) is 0 Å². The van der Waals surface area contributed by atoms with Crippen LogP contribution in [-0.4, -0.2) is 54.5 Å². The fourth-order valence-electron chi connectivity index (χ4n) is 1.42. The molecule has 1 heterocycles. The Labute approximate surface area is 78.0 Å². The quantitative estimate of drug-likeness (QED) is 0.610. The minimum atomic E-state index is -3.34. The molecular weight excluding hydrogens is 194 g/mol. The molecule has 1 saturated heterocycles. The normalized spacial score (nSPS) is 26.2. The molecule has 0 aromatic heterocycles. The van der Waals surface area contributed by atoms with Gasteiger partial charge in [-0.05, 0) is 12.8 Å². The molecule has 1 aliphatic rings. The van der Waals surface area contributed by atoms with Gasteiger partial charge in [0.1, 0.15) is 0 Å². The van der Waals surface area contributed by atoms with Gasteiger partial charge in [0, 0.05) is 13.1 Å². The van der Waals surface area contributed by atoms with Crippen LogP contribution in [0, 0.1) is 0 Å². The van der Waals surface area contributed by atoms with Crippen molar-refractivity contribution in [3.63, 3.8) is 0 Å². The van der Waals surface area contributed by atoms with E-state index in [1.807, 2.05) is 0 Å². The number of hydrogen-bond acceptors (Lipinski definition) is 4. The summed E-state index contributed by atoms with van der Waals surface area (Å²) in [5, 5.41) is 17.8. The van der Waals surface area contributed by atoms with E-state index in [2.05, 4.69) is 0 Å². The lowest BCUT2D eigenvalue weighted by Gasteiger charge is -2.28. The molecular formula is C7H15NO4S. The molecule has 0 radical (unpaired) electrons. The van der Waals surface area contributed by atoms with Crippen LogP contribution in [0.25, 0.3) is 0 Å². The number of piperidine rings is 1. The van der Waals surface area contributed by atoms with Gasteiger partial charge in [0.2, 0.25) is 10.0 Å². The fourth-order valence-corrected chi connectivity index (χ4v) is 2.71. The molecule has 0 bridgehead atoms. The lowest BCUT2D eigenvalue weighted by molar-refractivity contribution is 0.107. The second-order valence-corrected chi connectivity index (χ2v) is 5.28. The molecule has 1 unspecified atom stereocenters. The van der Waals surface area contributed by atoms with Crippen molar-refractivity contribution in [2.24, 2.45) is 0 Å². The standard InChI is InChI=1S/C7H15NO4S/c9-4-5-13(11,12)8-3-1-2-7(10)6-8/h7,9-10H,1-6H2. The highest BCUT2D eigenvalue weighted by atomic mass is 32.2. The summed E-state index contributed by atoms with van der Waals surface area (Å²) < 4.78 is 24.0. The third-order valence-corrected chi connectivity index (χ3v) is 3.92. The number of sulfonamides is 1. The summed E-state index contributed by atoms with van der Waals surface area (Å²) in [6, 6.07) is 0. The molecule has 0 aromatic carbocycles. The predicted molar refractivity (Wildman–Crippen MR) is 47.7 cm³/mol. The zero-order valence-corrected chi connectivity index (χ0v) is 8.20. The molecule has 6 heteroatoms. The molecule has 0 aliphatic carbocycles. The van der Waals surface area contributed by atoms with Crippen molar-refractivity contribution < 1.29 is 18.6 Å². The van der Waals surface area contributed by atoms with Crippen LogP contribution < -0.4 is 0 Å². The minimum absolute atomic E-state index is 0.169. The van der Waals surface area contributed by atoms with E-state index in [1.54, 1.807) is 0 Å². The largest absolute Gasteiger partial charge is 0.395 e. The Hall–Kier alpha value is -0.170. The smallest absolute Gasteiger partial charge is 0.216 e. The highest BCUT2D eigenvalue weighted by Crippen LogP contribution is 2.13. The monoisotopic (exact) mass is 209 g/mol. The summed E-state index contributed by atoms with van der Waals surface area (Å²) in [4.78, 5) is 0. The van der Waals surface area contributed by atoms with Crippen LogP contribution in [0.1, 0.15) is 12.8 Å². The molecule has 78 valence electrons. The third kappa shape index (κ3) is 2.91. The van der Waals surface area contributed by atoms with E-state index in [9.17, 15) is 13.5 Å². The van der Waals surface area contributed by atoms with Crippen LogP contribution in [-0.2, 0) is 10.0 Å². The number of aliphatic hydroxyl groups is 2. The lowest BCUT2D eigenvalue weighted by Crippen LogP contribution is -2.43. The van der Waals surface area contributed by atoms with Gasteiger partial charge in [-0.3, -0.25) is 0 Å². The molecule has 0 amide bonds. The van der Waals surface area contributed by atoms with Crippen LogP contribution in [0.5, 0.6) is 0 Å². The first-order chi connectivity index (χ1) is 6.06. The molecule has 0 saturated carbocycles. The topological polar surface area (TPSA) is 77.8 Å². The van der Waals surface area contributed by atoms with E-state index >= 15 is 0 Å². The number of rotatable bonds is 3. The van der Waals surface area contributed by atoms with Crippen molar-refractivity contribution in [1.82, 2.24) is 4.31 Å². The van der Waals surface area contributed by atoms with Crippen molar-refractivity contribution in [1.29, 1.82) is 0 Å². The highest BCUT2D eigenvalue weighted by molar-refractivity contribution is 7.89. The molecule has 13 heavy (non-hydrogen) atoms. The molecule has 5 nitrogen and oxygen atoms in total. The van der Waals surface area contributed by atoms with Gasteiger partial charge in [-0.25, -0.2) is 8.42 Å².